The lowest BCUT2D eigenvalue weighted by atomic mass is 9.71. The second kappa shape index (κ2) is 9.61. The Morgan fingerprint density at radius 1 is 1.22 bits per heavy atom. The molecule has 5 rings (SSSR count). The summed E-state index contributed by atoms with van der Waals surface area (Å²) in [5, 5.41) is 12.4. The summed E-state index contributed by atoms with van der Waals surface area (Å²) in [5.74, 6) is -0.559. The van der Waals surface area contributed by atoms with Gasteiger partial charge in [0.1, 0.15) is 11.9 Å². The number of piperidine rings is 1. The van der Waals surface area contributed by atoms with Crippen LogP contribution in [0.4, 0.5) is 4.39 Å². The van der Waals surface area contributed by atoms with Gasteiger partial charge in [-0.1, -0.05) is 36.8 Å². The number of nitrogens with two attached hydrogens (primary N) is 1. The molecule has 5 nitrogen and oxygen atoms in total. The second-order valence-corrected chi connectivity index (χ2v) is 11.5. The molecule has 2 atom stereocenters. The van der Waals surface area contributed by atoms with E-state index < -0.39 is 11.6 Å². The van der Waals surface area contributed by atoms with Crippen LogP contribution in [0.2, 0.25) is 0 Å². The summed E-state index contributed by atoms with van der Waals surface area (Å²) in [7, 11) is 2.19. The number of carbonyl (C=O) groups is 1. The number of benzene rings is 2. The standard InChI is InChI=1S/C30H37FN4O/c1-29(33,24-4-3-5-24)28(36)34-25(19-32)16-23-9-8-22(18-27(23)31)21-7-6-20-10-11-30(26(20)17-21)12-14-35(2)15-13-30/h6-9,17-18,24-25H,3-5,10-16,33H2,1-2H3,(H,34,36)/t25-,29?/m0/s1. The van der Waals surface area contributed by atoms with Crippen LogP contribution >= 0.6 is 0 Å². The number of nitrogens with zero attached hydrogens (tertiary/aromatic N) is 2. The van der Waals surface area contributed by atoms with Gasteiger partial charge in [0.25, 0.3) is 0 Å². The van der Waals surface area contributed by atoms with Gasteiger partial charge in [-0.25, -0.2) is 4.39 Å². The molecule has 1 saturated heterocycles. The van der Waals surface area contributed by atoms with Gasteiger partial charge in [-0.3, -0.25) is 4.79 Å². The molecule has 6 heteroatoms. The Bertz CT molecular complexity index is 1190. The predicted molar refractivity (Wildman–Crippen MR) is 140 cm³/mol. The molecule has 2 aromatic carbocycles. The highest BCUT2D eigenvalue weighted by Gasteiger charge is 2.42. The summed E-state index contributed by atoms with van der Waals surface area (Å²) >= 11 is 0. The van der Waals surface area contributed by atoms with E-state index in [-0.39, 0.29) is 29.5 Å². The quantitative estimate of drug-likeness (QED) is 0.629. The Balaban J connectivity index is 1.31. The fraction of sp³-hybridized carbons (Fsp3) is 0.533. The fourth-order valence-electron chi connectivity index (χ4n) is 6.29. The van der Waals surface area contributed by atoms with E-state index in [0.29, 0.717) is 5.56 Å². The van der Waals surface area contributed by atoms with Crippen molar-refractivity contribution < 1.29 is 9.18 Å². The van der Waals surface area contributed by atoms with Crippen molar-refractivity contribution in [3.05, 3.63) is 58.9 Å². The smallest absolute Gasteiger partial charge is 0.241 e. The van der Waals surface area contributed by atoms with E-state index in [1.54, 1.807) is 19.1 Å². The van der Waals surface area contributed by atoms with E-state index in [9.17, 15) is 10.1 Å². The molecule has 36 heavy (non-hydrogen) atoms. The molecule has 3 aliphatic rings. The van der Waals surface area contributed by atoms with Crippen LogP contribution in [0.1, 0.15) is 62.1 Å². The molecule has 1 spiro atoms. The van der Waals surface area contributed by atoms with E-state index in [1.165, 1.54) is 30.4 Å². The molecule has 2 aromatic rings. The minimum absolute atomic E-state index is 0.107. The SMILES string of the molecule is CN1CCC2(CCc3ccc(-c4ccc(C[C@@H](C#N)NC(=O)C(C)(N)C5CCC5)c(F)c4)cc32)CC1. The van der Waals surface area contributed by atoms with Crippen LogP contribution < -0.4 is 11.1 Å². The third-order valence-corrected chi connectivity index (χ3v) is 9.21. The number of likely N-dealkylation sites (tertiary alicyclic amines) is 1. The number of rotatable bonds is 6. The van der Waals surface area contributed by atoms with Gasteiger partial charge in [-0.05, 0) is 111 Å². The summed E-state index contributed by atoms with van der Waals surface area (Å²) in [6, 6.07) is 13.1. The Kier molecular flexibility index (Phi) is 6.65. The van der Waals surface area contributed by atoms with Crippen LogP contribution in [-0.4, -0.2) is 42.5 Å². The minimum Gasteiger partial charge on any atom is -0.338 e. The normalized spacial score (nSPS) is 21.8. The van der Waals surface area contributed by atoms with Crippen molar-refractivity contribution in [2.75, 3.05) is 20.1 Å². The van der Waals surface area contributed by atoms with Gasteiger partial charge in [-0.15, -0.1) is 0 Å². The number of carbonyl (C=O) groups excluding carboxylic acids is 1. The van der Waals surface area contributed by atoms with E-state index >= 15 is 4.39 Å². The molecule has 0 radical (unpaired) electrons. The molecule has 0 aromatic heterocycles. The summed E-state index contributed by atoms with van der Waals surface area (Å²) in [6.07, 6.45) is 7.72. The topological polar surface area (TPSA) is 82.2 Å². The first-order chi connectivity index (χ1) is 17.2. The minimum atomic E-state index is -1.01. The van der Waals surface area contributed by atoms with Crippen molar-refractivity contribution >= 4 is 5.91 Å². The van der Waals surface area contributed by atoms with Gasteiger partial charge in [0.15, 0.2) is 0 Å². The summed E-state index contributed by atoms with van der Waals surface area (Å²) in [5.41, 5.74) is 10.7. The Morgan fingerprint density at radius 3 is 2.56 bits per heavy atom. The van der Waals surface area contributed by atoms with Gasteiger partial charge in [0.2, 0.25) is 5.91 Å². The number of hydrogen-bond acceptors (Lipinski definition) is 4. The van der Waals surface area contributed by atoms with Gasteiger partial charge in [0.05, 0.1) is 11.6 Å². The lowest BCUT2D eigenvalue weighted by molar-refractivity contribution is -0.129. The first kappa shape index (κ1) is 24.9. The molecule has 1 heterocycles. The third kappa shape index (κ3) is 4.55. The molecule has 0 bridgehead atoms. The number of nitrogens with one attached hydrogen (secondary N) is 1. The van der Waals surface area contributed by atoms with Crippen molar-refractivity contribution in [3.8, 4) is 17.2 Å². The van der Waals surface area contributed by atoms with E-state index in [4.69, 9.17) is 5.73 Å². The fourth-order valence-corrected chi connectivity index (χ4v) is 6.29. The van der Waals surface area contributed by atoms with Crippen molar-refractivity contribution in [2.24, 2.45) is 11.7 Å². The van der Waals surface area contributed by atoms with Crippen LogP contribution in [0.25, 0.3) is 11.1 Å². The first-order valence-corrected chi connectivity index (χ1v) is 13.3. The number of hydrogen-bond donors (Lipinski definition) is 2. The molecule has 1 aliphatic heterocycles. The first-order valence-electron chi connectivity index (χ1n) is 13.3. The molecule has 1 saturated carbocycles. The molecular formula is C30H37FN4O. The van der Waals surface area contributed by atoms with Crippen molar-refractivity contribution in [1.29, 1.82) is 5.26 Å². The Hall–Kier alpha value is -2.75. The largest absolute Gasteiger partial charge is 0.338 e. The van der Waals surface area contributed by atoms with Gasteiger partial charge >= 0.3 is 0 Å². The van der Waals surface area contributed by atoms with Crippen molar-refractivity contribution in [3.63, 3.8) is 0 Å². The van der Waals surface area contributed by atoms with Crippen molar-refractivity contribution in [2.45, 2.75) is 75.3 Å². The molecule has 1 unspecified atom stereocenters. The highest BCUT2D eigenvalue weighted by molar-refractivity contribution is 5.86. The molecule has 1 amide bonds. The lowest BCUT2D eigenvalue weighted by Gasteiger charge is -2.39. The number of nitriles is 1. The average molecular weight is 489 g/mol. The number of fused-ring (bicyclic) bond motifs is 2. The highest BCUT2D eigenvalue weighted by Crippen LogP contribution is 2.47. The Morgan fingerprint density at radius 2 is 1.92 bits per heavy atom. The molecule has 2 fully saturated rings. The average Bonchev–Trinajstić information content (AvgIpc) is 3.17. The number of amides is 1. The Labute approximate surface area is 213 Å². The molecular weight excluding hydrogens is 451 g/mol. The lowest BCUT2D eigenvalue weighted by Crippen LogP contribution is -2.60. The van der Waals surface area contributed by atoms with Gasteiger partial charge < -0.3 is 16.0 Å². The predicted octanol–water partition coefficient (Wildman–Crippen LogP) is 4.47. The third-order valence-electron chi connectivity index (χ3n) is 9.21. The zero-order valence-electron chi connectivity index (χ0n) is 21.4. The second-order valence-electron chi connectivity index (χ2n) is 11.5. The van der Waals surface area contributed by atoms with Crippen molar-refractivity contribution in [1.82, 2.24) is 10.2 Å². The molecule has 190 valence electrons. The maximum atomic E-state index is 15.2. The summed E-state index contributed by atoms with van der Waals surface area (Å²) in [6.45, 7) is 3.96. The van der Waals surface area contributed by atoms with E-state index in [0.717, 1.165) is 49.9 Å². The summed E-state index contributed by atoms with van der Waals surface area (Å²) in [4.78, 5) is 15.1. The van der Waals surface area contributed by atoms with Gasteiger partial charge in [0, 0.05) is 6.42 Å². The van der Waals surface area contributed by atoms with Crippen LogP contribution in [0.15, 0.2) is 36.4 Å². The maximum absolute atomic E-state index is 15.2. The van der Waals surface area contributed by atoms with Crippen LogP contribution in [0, 0.1) is 23.1 Å². The van der Waals surface area contributed by atoms with Crippen LogP contribution in [0.3, 0.4) is 0 Å². The number of halogens is 1. The molecule has 3 N–H and O–H groups in total. The molecule has 2 aliphatic carbocycles. The van der Waals surface area contributed by atoms with Crippen LogP contribution in [0.5, 0.6) is 0 Å². The summed E-state index contributed by atoms with van der Waals surface area (Å²) < 4.78 is 15.2. The van der Waals surface area contributed by atoms with Crippen LogP contribution in [-0.2, 0) is 23.1 Å². The zero-order valence-corrected chi connectivity index (χ0v) is 21.4. The number of aryl methyl sites for hydroxylation is 1. The zero-order chi connectivity index (χ0) is 25.5. The highest BCUT2D eigenvalue weighted by atomic mass is 19.1. The maximum Gasteiger partial charge on any atom is 0.241 e. The van der Waals surface area contributed by atoms with E-state index in [1.807, 2.05) is 6.07 Å². The van der Waals surface area contributed by atoms with E-state index in [2.05, 4.69) is 41.5 Å². The van der Waals surface area contributed by atoms with Gasteiger partial charge in [-0.2, -0.15) is 5.26 Å². The monoisotopic (exact) mass is 488 g/mol.